The third-order valence-electron chi connectivity index (χ3n) is 5.42. The molecule has 0 N–H and O–H groups in total. The number of amides is 1. The molecule has 0 saturated carbocycles. The summed E-state index contributed by atoms with van der Waals surface area (Å²) >= 11 is 2.98. The number of nitrogens with zero attached hydrogens (tertiary/aromatic N) is 3. The second-order valence-corrected chi connectivity index (χ2v) is 9.62. The lowest BCUT2D eigenvalue weighted by atomic mass is 9.89. The van der Waals surface area contributed by atoms with Gasteiger partial charge in [-0.3, -0.25) is 14.2 Å². The third-order valence-corrected chi connectivity index (χ3v) is 7.53. The van der Waals surface area contributed by atoms with Crippen LogP contribution in [0, 0.1) is 5.92 Å². The van der Waals surface area contributed by atoms with Gasteiger partial charge in [-0.15, -0.1) is 11.3 Å². The fourth-order valence-corrected chi connectivity index (χ4v) is 6.18. The van der Waals surface area contributed by atoms with E-state index in [4.69, 9.17) is 9.40 Å². The fraction of sp³-hybridized carbons (Fsp3) is 0.476. The molecule has 1 unspecified atom stereocenters. The van der Waals surface area contributed by atoms with Gasteiger partial charge in [-0.05, 0) is 49.8 Å². The van der Waals surface area contributed by atoms with Gasteiger partial charge in [-0.25, -0.2) is 4.98 Å². The summed E-state index contributed by atoms with van der Waals surface area (Å²) in [7, 11) is 1.75. The number of aryl methyl sites for hydroxylation is 1. The minimum Gasteiger partial charge on any atom is -0.467 e. The molecule has 1 aliphatic rings. The molecule has 0 bridgehead atoms. The van der Waals surface area contributed by atoms with Crippen LogP contribution >= 0.6 is 23.1 Å². The van der Waals surface area contributed by atoms with Crippen molar-refractivity contribution in [2.75, 3.05) is 12.8 Å². The maximum Gasteiger partial charge on any atom is 0.263 e. The number of rotatable bonds is 6. The van der Waals surface area contributed by atoms with Gasteiger partial charge in [0, 0.05) is 18.5 Å². The van der Waals surface area contributed by atoms with E-state index in [1.807, 2.05) is 19.1 Å². The zero-order valence-electron chi connectivity index (χ0n) is 16.9. The van der Waals surface area contributed by atoms with E-state index in [-0.39, 0.29) is 17.2 Å². The lowest BCUT2D eigenvalue weighted by Gasteiger charge is -2.18. The zero-order valence-corrected chi connectivity index (χ0v) is 18.6. The Kier molecular flexibility index (Phi) is 5.83. The number of fused-ring (bicyclic) bond motifs is 3. The molecule has 0 aliphatic heterocycles. The first-order valence-electron chi connectivity index (χ1n) is 9.92. The van der Waals surface area contributed by atoms with E-state index in [1.54, 1.807) is 34.1 Å². The van der Waals surface area contributed by atoms with Gasteiger partial charge in [0.05, 0.1) is 23.9 Å². The van der Waals surface area contributed by atoms with Crippen molar-refractivity contribution < 1.29 is 9.21 Å². The van der Waals surface area contributed by atoms with Crippen LogP contribution in [-0.4, -0.2) is 33.2 Å². The molecule has 0 saturated heterocycles. The number of carbonyl (C=O) groups excluding carboxylic acids is 1. The van der Waals surface area contributed by atoms with Gasteiger partial charge >= 0.3 is 0 Å². The molecule has 6 nitrogen and oxygen atoms in total. The number of thioether (sulfide) groups is 1. The summed E-state index contributed by atoms with van der Waals surface area (Å²) in [6, 6.07) is 3.66. The largest absolute Gasteiger partial charge is 0.467 e. The minimum atomic E-state index is -0.0253. The number of hydrogen-bond acceptors (Lipinski definition) is 6. The van der Waals surface area contributed by atoms with Crippen LogP contribution in [0.15, 0.2) is 32.8 Å². The van der Waals surface area contributed by atoms with Crippen molar-refractivity contribution in [3.8, 4) is 0 Å². The van der Waals surface area contributed by atoms with Crippen molar-refractivity contribution in [3.05, 3.63) is 45.0 Å². The lowest BCUT2D eigenvalue weighted by Crippen LogP contribution is -2.28. The van der Waals surface area contributed by atoms with E-state index in [0.29, 0.717) is 24.2 Å². The average molecular weight is 432 g/mol. The predicted molar refractivity (Wildman–Crippen MR) is 117 cm³/mol. The van der Waals surface area contributed by atoms with Crippen molar-refractivity contribution in [3.63, 3.8) is 0 Å². The van der Waals surface area contributed by atoms with Gasteiger partial charge in [0.25, 0.3) is 5.56 Å². The van der Waals surface area contributed by atoms with Gasteiger partial charge < -0.3 is 9.32 Å². The minimum absolute atomic E-state index is 0.0253. The smallest absolute Gasteiger partial charge is 0.263 e. The Morgan fingerprint density at radius 2 is 2.31 bits per heavy atom. The number of carbonyl (C=O) groups is 1. The van der Waals surface area contributed by atoms with Crippen LogP contribution in [0.2, 0.25) is 0 Å². The van der Waals surface area contributed by atoms with Crippen LogP contribution in [0.5, 0.6) is 0 Å². The number of thiophene rings is 1. The molecule has 1 amide bonds. The molecule has 0 fully saturated rings. The Bertz CT molecular complexity index is 1080. The molecule has 3 heterocycles. The first-order chi connectivity index (χ1) is 14.0. The highest BCUT2D eigenvalue weighted by Crippen LogP contribution is 2.36. The van der Waals surface area contributed by atoms with E-state index in [1.165, 1.54) is 22.2 Å². The summed E-state index contributed by atoms with van der Waals surface area (Å²) in [4.78, 5) is 34.3. The quantitative estimate of drug-likeness (QED) is 0.437. The van der Waals surface area contributed by atoms with Crippen molar-refractivity contribution in [1.29, 1.82) is 0 Å². The first-order valence-corrected chi connectivity index (χ1v) is 11.7. The number of aromatic nitrogens is 2. The highest BCUT2D eigenvalue weighted by Gasteiger charge is 2.24. The van der Waals surface area contributed by atoms with E-state index in [9.17, 15) is 9.59 Å². The van der Waals surface area contributed by atoms with Gasteiger partial charge in [-0.2, -0.15) is 0 Å². The van der Waals surface area contributed by atoms with Crippen LogP contribution in [0.3, 0.4) is 0 Å². The van der Waals surface area contributed by atoms with E-state index in [2.05, 4.69) is 6.92 Å². The number of furan rings is 1. The summed E-state index contributed by atoms with van der Waals surface area (Å²) in [6.07, 6.45) is 4.71. The van der Waals surface area contributed by atoms with E-state index >= 15 is 0 Å². The van der Waals surface area contributed by atoms with Crippen molar-refractivity contribution in [2.45, 2.75) is 51.4 Å². The standard InChI is InChI=1S/C21H25N3O3S2/c1-4-24-20(26)18-15-8-7-13(2)10-16(15)29-19(18)22-21(24)28-12-17(25)23(3)11-14-6-5-9-27-14/h5-6,9,13H,4,7-8,10-12H2,1-3H3. The molecule has 29 heavy (non-hydrogen) atoms. The number of hydrogen-bond donors (Lipinski definition) is 0. The highest BCUT2D eigenvalue weighted by molar-refractivity contribution is 7.99. The summed E-state index contributed by atoms with van der Waals surface area (Å²) < 4.78 is 7.01. The van der Waals surface area contributed by atoms with Gasteiger partial charge in [0.2, 0.25) is 5.91 Å². The second kappa shape index (κ2) is 8.36. The summed E-state index contributed by atoms with van der Waals surface area (Å²) in [6.45, 7) is 5.18. The lowest BCUT2D eigenvalue weighted by molar-refractivity contribution is -0.127. The Balaban J connectivity index is 1.57. The molecule has 3 aromatic heterocycles. The Labute approximate surface area is 177 Å². The predicted octanol–water partition coefficient (Wildman–Crippen LogP) is 3.95. The van der Waals surface area contributed by atoms with Gasteiger partial charge in [-0.1, -0.05) is 18.7 Å². The molecule has 1 atom stereocenters. The monoisotopic (exact) mass is 431 g/mol. The molecule has 4 rings (SSSR count). The molecule has 0 aromatic carbocycles. The van der Waals surface area contributed by atoms with Gasteiger partial charge in [0.1, 0.15) is 10.6 Å². The van der Waals surface area contributed by atoms with Crippen LogP contribution in [0.25, 0.3) is 10.2 Å². The molecule has 1 aliphatic carbocycles. The SMILES string of the molecule is CCn1c(SCC(=O)N(C)Cc2ccco2)nc2sc3c(c2c1=O)CCC(C)C3. The Hall–Kier alpha value is -2.06. The molecule has 0 radical (unpaired) electrons. The zero-order chi connectivity index (χ0) is 20.5. The van der Waals surface area contributed by atoms with Crippen LogP contribution in [0.4, 0.5) is 0 Å². The van der Waals surface area contributed by atoms with Crippen LogP contribution in [0.1, 0.15) is 36.5 Å². The topological polar surface area (TPSA) is 68.3 Å². The molecule has 0 spiro atoms. The molecule has 8 heteroatoms. The Morgan fingerprint density at radius 3 is 3.03 bits per heavy atom. The second-order valence-electron chi connectivity index (χ2n) is 7.59. The molecular weight excluding hydrogens is 406 g/mol. The Morgan fingerprint density at radius 1 is 1.48 bits per heavy atom. The summed E-state index contributed by atoms with van der Waals surface area (Å²) in [5, 5.41) is 1.42. The van der Waals surface area contributed by atoms with Crippen molar-refractivity contribution in [2.24, 2.45) is 5.92 Å². The van der Waals surface area contributed by atoms with Crippen LogP contribution < -0.4 is 5.56 Å². The summed E-state index contributed by atoms with van der Waals surface area (Å²) in [5.74, 6) is 1.61. The maximum atomic E-state index is 13.2. The molecular formula is C21H25N3O3S2. The molecule has 154 valence electrons. The highest BCUT2D eigenvalue weighted by atomic mass is 32.2. The van der Waals surface area contributed by atoms with E-state index in [0.717, 1.165) is 35.2 Å². The third kappa shape index (κ3) is 4.00. The normalized spacial score (nSPS) is 16.2. The van der Waals surface area contributed by atoms with Crippen molar-refractivity contribution >= 4 is 39.2 Å². The fourth-order valence-electron chi connectivity index (χ4n) is 3.75. The van der Waals surface area contributed by atoms with Crippen molar-refractivity contribution in [1.82, 2.24) is 14.5 Å². The average Bonchev–Trinajstić information content (AvgIpc) is 3.32. The first kappa shape index (κ1) is 20.2. The van der Waals surface area contributed by atoms with Crippen LogP contribution in [-0.2, 0) is 30.7 Å². The summed E-state index contributed by atoms with van der Waals surface area (Å²) in [5.41, 5.74) is 1.23. The molecule has 3 aromatic rings. The van der Waals surface area contributed by atoms with E-state index < -0.39 is 0 Å². The maximum absolute atomic E-state index is 13.2. The van der Waals surface area contributed by atoms with Gasteiger partial charge in [0.15, 0.2) is 5.16 Å².